The van der Waals surface area contributed by atoms with E-state index >= 15 is 0 Å². The number of nitrogens with two attached hydrogens (primary N) is 1. The van der Waals surface area contributed by atoms with Crippen LogP contribution in [0.5, 0.6) is 0 Å². The van der Waals surface area contributed by atoms with Crippen molar-refractivity contribution in [1.29, 1.82) is 0 Å². The van der Waals surface area contributed by atoms with E-state index in [1.165, 1.54) is 0 Å². The number of carbonyl (C=O) groups is 1. The molecule has 1 aliphatic heterocycles. The Labute approximate surface area is 120 Å². The maximum atomic E-state index is 12.5. The van der Waals surface area contributed by atoms with Gasteiger partial charge in [0.05, 0.1) is 6.61 Å². The fourth-order valence-electron chi connectivity index (χ4n) is 2.28. The SMILES string of the molecule is NCCCN(Cc1ccccc1)C(=O)[C@H]1CNCCO1. The van der Waals surface area contributed by atoms with Gasteiger partial charge in [-0.25, -0.2) is 0 Å². The van der Waals surface area contributed by atoms with Gasteiger partial charge in [-0.1, -0.05) is 30.3 Å². The summed E-state index contributed by atoms with van der Waals surface area (Å²) >= 11 is 0. The van der Waals surface area contributed by atoms with Gasteiger partial charge < -0.3 is 20.7 Å². The van der Waals surface area contributed by atoms with E-state index in [-0.39, 0.29) is 12.0 Å². The molecule has 5 heteroatoms. The van der Waals surface area contributed by atoms with E-state index in [1.807, 2.05) is 35.2 Å². The van der Waals surface area contributed by atoms with Crippen LogP contribution in [-0.4, -0.2) is 49.7 Å². The van der Waals surface area contributed by atoms with Crippen LogP contribution in [-0.2, 0) is 16.1 Å². The summed E-state index contributed by atoms with van der Waals surface area (Å²) in [5, 5.41) is 3.19. The maximum Gasteiger partial charge on any atom is 0.253 e. The number of amides is 1. The van der Waals surface area contributed by atoms with Crippen molar-refractivity contribution in [2.75, 3.05) is 32.8 Å². The molecular formula is C15H23N3O2. The number of rotatable bonds is 6. The molecule has 0 radical (unpaired) electrons. The van der Waals surface area contributed by atoms with Crippen molar-refractivity contribution in [3.05, 3.63) is 35.9 Å². The molecule has 0 saturated carbocycles. The molecule has 2 rings (SSSR count). The average molecular weight is 277 g/mol. The molecular weight excluding hydrogens is 254 g/mol. The highest BCUT2D eigenvalue weighted by Crippen LogP contribution is 2.09. The normalized spacial score (nSPS) is 18.8. The lowest BCUT2D eigenvalue weighted by Crippen LogP contribution is -2.49. The lowest BCUT2D eigenvalue weighted by atomic mass is 10.2. The number of benzene rings is 1. The predicted molar refractivity (Wildman–Crippen MR) is 78.1 cm³/mol. The summed E-state index contributed by atoms with van der Waals surface area (Å²) in [7, 11) is 0. The fraction of sp³-hybridized carbons (Fsp3) is 0.533. The van der Waals surface area contributed by atoms with Crippen LogP contribution in [0.3, 0.4) is 0 Å². The van der Waals surface area contributed by atoms with Crippen molar-refractivity contribution >= 4 is 5.91 Å². The van der Waals surface area contributed by atoms with Crippen LogP contribution in [0.1, 0.15) is 12.0 Å². The van der Waals surface area contributed by atoms with Gasteiger partial charge >= 0.3 is 0 Å². The molecule has 1 atom stereocenters. The lowest BCUT2D eigenvalue weighted by Gasteiger charge is -2.30. The second kappa shape index (κ2) is 7.99. The third-order valence-electron chi connectivity index (χ3n) is 3.36. The molecule has 1 aromatic carbocycles. The highest BCUT2D eigenvalue weighted by atomic mass is 16.5. The van der Waals surface area contributed by atoms with E-state index in [9.17, 15) is 4.79 Å². The molecule has 1 amide bonds. The Bertz CT molecular complexity index is 405. The van der Waals surface area contributed by atoms with Crippen LogP contribution in [0.25, 0.3) is 0 Å². The number of nitrogens with zero attached hydrogens (tertiary/aromatic N) is 1. The van der Waals surface area contributed by atoms with Crippen molar-refractivity contribution in [3.8, 4) is 0 Å². The standard InChI is InChI=1S/C15H23N3O2/c16-7-4-9-18(12-13-5-2-1-3-6-13)15(19)14-11-17-8-10-20-14/h1-3,5-6,14,17H,4,7-12,16H2/t14-/m1/s1. The Balaban J connectivity index is 2.00. The maximum absolute atomic E-state index is 12.5. The zero-order chi connectivity index (χ0) is 14.2. The molecule has 0 unspecified atom stereocenters. The monoisotopic (exact) mass is 277 g/mol. The molecule has 20 heavy (non-hydrogen) atoms. The van der Waals surface area contributed by atoms with E-state index < -0.39 is 0 Å². The first-order valence-corrected chi connectivity index (χ1v) is 7.16. The molecule has 3 N–H and O–H groups in total. The third-order valence-corrected chi connectivity index (χ3v) is 3.36. The predicted octanol–water partition coefficient (Wildman–Crippen LogP) is 0.352. The van der Waals surface area contributed by atoms with Gasteiger partial charge in [-0.3, -0.25) is 4.79 Å². The first kappa shape index (κ1) is 15.0. The van der Waals surface area contributed by atoms with Gasteiger partial charge in [0, 0.05) is 26.2 Å². The number of ether oxygens (including phenoxy) is 1. The molecule has 0 bridgehead atoms. The van der Waals surface area contributed by atoms with Crippen LogP contribution in [0.2, 0.25) is 0 Å². The van der Waals surface area contributed by atoms with Gasteiger partial charge in [-0.2, -0.15) is 0 Å². The Morgan fingerprint density at radius 2 is 2.20 bits per heavy atom. The van der Waals surface area contributed by atoms with E-state index in [0.29, 0.717) is 32.8 Å². The molecule has 0 aromatic heterocycles. The molecule has 1 aliphatic rings. The van der Waals surface area contributed by atoms with Crippen LogP contribution < -0.4 is 11.1 Å². The first-order valence-electron chi connectivity index (χ1n) is 7.16. The molecule has 1 saturated heterocycles. The minimum absolute atomic E-state index is 0.0505. The van der Waals surface area contributed by atoms with Crippen molar-refractivity contribution in [3.63, 3.8) is 0 Å². The molecule has 1 aromatic rings. The number of hydrogen-bond donors (Lipinski definition) is 2. The Morgan fingerprint density at radius 3 is 2.85 bits per heavy atom. The van der Waals surface area contributed by atoms with Gasteiger partial charge in [-0.15, -0.1) is 0 Å². The minimum atomic E-state index is -0.370. The zero-order valence-electron chi connectivity index (χ0n) is 11.8. The molecule has 1 heterocycles. The van der Waals surface area contributed by atoms with E-state index in [4.69, 9.17) is 10.5 Å². The minimum Gasteiger partial charge on any atom is -0.366 e. The largest absolute Gasteiger partial charge is 0.366 e. The highest BCUT2D eigenvalue weighted by Gasteiger charge is 2.26. The van der Waals surface area contributed by atoms with Gasteiger partial charge in [0.1, 0.15) is 6.10 Å². The number of nitrogens with one attached hydrogen (secondary N) is 1. The van der Waals surface area contributed by atoms with E-state index in [0.717, 1.165) is 18.5 Å². The average Bonchev–Trinajstić information content (AvgIpc) is 2.52. The van der Waals surface area contributed by atoms with Crippen molar-refractivity contribution in [1.82, 2.24) is 10.2 Å². The number of morpholine rings is 1. The van der Waals surface area contributed by atoms with Crippen LogP contribution >= 0.6 is 0 Å². The summed E-state index contributed by atoms with van der Waals surface area (Å²) in [6.07, 6.45) is 0.434. The van der Waals surface area contributed by atoms with Crippen LogP contribution in [0, 0.1) is 0 Å². The molecule has 0 aliphatic carbocycles. The Kier molecular flexibility index (Phi) is 5.98. The third kappa shape index (κ3) is 4.30. The van der Waals surface area contributed by atoms with Crippen molar-refractivity contribution < 1.29 is 9.53 Å². The van der Waals surface area contributed by atoms with E-state index in [2.05, 4.69) is 5.32 Å². The summed E-state index contributed by atoms with van der Waals surface area (Å²) in [5.41, 5.74) is 6.69. The lowest BCUT2D eigenvalue weighted by molar-refractivity contribution is -0.145. The zero-order valence-corrected chi connectivity index (χ0v) is 11.8. The Morgan fingerprint density at radius 1 is 1.40 bits per heavy atom. The van der Waals surface area contributed by atoms with Crippen molar-refractivity contribution in [2.45, 2.75) is 19.1 Å². The molecule has 5 nitrogen and oxygen atoms in total. The van der Waals surface area contributed by atoms with Gasteiger partial charge in [0.25, 0.3) is 5.91 Å². The second-order valence-corrected chi connectivity index (χ2v) is 4.95. The summed E-state index contributed by atoms with van der Waals surface area (Å²) < 4.78 is 5.55. The van der Waals surface area contributed by atoms with E-state index in [1.54, 1.807) is 0 Å². The summed E-state index contributed by atoms with van der Waals surface area (Å²) in [4.78, 5) is 14.4. The molecule has 0 spiro atoms. The quantitative estimate of drug-likeness (QED) is 0.787. The molecule has 1 fully saturated rings. The first-order chi connectivity index (χ1) is 9.81. The van der Waals surface area contributed by atoms with Crippen molar-refractivity contribution in [2.24, 2.45) is 5.73 Å². The molecule has 110 valence electrons. The number of hydrogen-bond acceptors (Lipinski definition) is 4. The smallest absolute Gasteiger partial charge is 0.253 e. The fourth-order valence-corrected chi connectivity index (χ4v) is 2.28. The van der Waals surface area contributed by atoms with Gasteiger partial charge in [0.2, 0.25) is 0 Å². The Hall–Kier alpha value is -1.43. The second-order valence-electron chi connectivity index (χ2n) is 4.95. The summed E-state index contributed by atoms with van der Waals surface area (Å²) in [5.74, 6) is 0.0505. The highest BCUT2D eigenvalue weighted by molar-refractivity contribution is 5.81. The summed E-state index contributed by atoms with van der Waals surface area (Å²) in [6.45, 7) is 3.86. The van der Waals surface area contributed by atoms with Gasteiger partial charge in [-0.05, 0) is 18.5 Å². The summed E-state index contributed by atoms with van der Waals surface area (Å²) in [6, 6.07) is 10.0. The van der Waals surface area contributed by atoms with Crippen LogP contribution in [0.15, 0.2) is 30.3 Å². The van der Waals surface area contributed by atoms with Gasteiger partial charge in [0.15, 0.2) is 0 Å². The topological polar surface area (TPSA) is 67.6 Å². The number of carbonyl (C=O) groups excluding carboxylic acids is 1. The van der Waals surface area contributed by atoms with Crippen LogP contribution in [0.4, 0.5) is 0 Å².